The van der Waals surface area contributed by atoms with E-state index in [1.165, 1.54) is 0 Å². The first-order valence-corrected chi connectivity index (χ1v) is 5.28. The summed E-state index contributed by atoms with van der Waals surface area (Å²) in [5, 5.41) is 0. The van der Waals surface area contributed by atoms with Gasteiger partial charge in [0.15, 0.2) is 0 Å². The van der Waals surface area contributed by atoms with Gasteiger partial charge in [0, 0.05) is 18.3 Å². The highest BCUT2D eigenvalue weighted by atomic mass is 15.0. The van der Waals surface area contributed by atoms with E-state index < -0.39 is 0 Å². The largest absolute Gasteiger partial charge is 0.343 e. The first-order valence-electron chi connectivity index (χ1n) is 5.28. The molecule has 0 unspecified atom stereocenters. The molecule has 0 aliphatic heterocycles. The van der Waals surface area contributed by atoms with E-state index in [0.717, 1.165) is 22.5 Å². The lowest BCUT2D eigenvalue weighted by Crippen LogP contribution is -1.94. The minimum Gasteiger partial charge on any atom is -0.343 e. The molecule has 1 aromatic rings. The fourth-order valence-electron chi connectivity index (χ4n) is 1.81. The number of hydrogen-bond acceptors (Lipinski definition) is 0. The summed E-state index contributed by atoms with van der Waals surface area (Å²) in [7, 11) is 2.01. The molecule has 16 heavy (non-hydrogen) atoms. The third kappa shape index (κ3) is 1.87. The van der Waals surface area contributed by atoms with Crippen molar-refractivity contribution in [3.8, 4) is 12.3 Å². The standard InChI is InChI=1S/C15H17N/c1-6-10-14-12(8-3)13(9-4)15(11-7-2)16(14)5/h3,6-7,9-11H,4H2,1-2,5H3/b10-6-,11-7-. The Morgan fingerprint density at radius 2 is 1.75 bits per heavy atom. The van der Waals surface area contributed by atoms with Crippen molar-refractivity contribution in [1.29, 1.82) is 0 Å². The summed E-state index contributed by atoms with van der Waals surface area (Å²) in [6.45, 7) is 7.80. The molecule has 1 heteroatoms. The zero-order valence-electron chi connectivity index (χ0n) is 10.1. The Morgan fingerprint density at radius 3 is 2.19 bits per heavy atom. The predicted octanol–water partition coefficient (Wildman–Crippen LogP) is 3.72. The van der Waals surface area contributed by atoms with Crippen LogP contribution in [-0.2, 0) is 7.05 Å². The zero-order valence-corrected chi connectivity index (χ0v) is 10.1. The van der Waals surface area contributed by atoms with Crippen LogP contribution in [0.5, 0.6) is 0 Å². The maximum atomic E-state index is 5.57. The van der Waals surface area contributed by atoms with Crippen LogP contribution in [0.25, 0.3) is 18.2 Å². The molecular weight excluding hydrogens is 194 g/mol. The molecule has 0 fully saturated rings. The fourth-order valence-corrected chi connectivity index (χ4v) is 1.81. The molecule has 0 atom stereocenters. The van der Waals surface area contributed by atoms with Gasteiger partial charge in [-0.25, -0.2) is 0 Å². The molecule has 0 bridgehead atoms. The normalized spacial score (nSPS) is 11.1. The quantitative estimate of drug-likeness (QED) is 0.672. The van der Waals surface area contributed by atoms with E-state index in [1.807, 2.05) is 51.3 Å². The lowest BCUT2D eigenvalue weighted by molar-refractivity contribution is 0.900. The molecule has 0 amide bonds. The fraction of sp³-hybridized carbons (Fsp3) is 0.200. The van der Waals surface area contributed by atoms with Crippen LogP contribution in [-0.4, -0.2) is 4.57 Å². The van der Waals surface area contributed by atoms with E-state index in [-0.39, 0.29) is 0 Å². The van der Waals surface area contributed by atoms with Crippen LogP contribution in [0.1, 0.15) is 36.4 Å². The number of aromatic nitrogens is 1. The van der Waals surface area contributed by atoms with Crippen molar-refractivity contribution in [2.24, 2.45) is 7.05 Å². The van der Waals surface area contributed by atoms with E-state index >= 15 is 0 Å². The predicted molar refractivity (Wildman–Crippen MR) is 72.9 cm³/mol. The van der Waals surface area contributed by atoms with Gasteiger partial charge >= 0.3 is 0 Å². The number of allylic oxidation sites excluding steroid dienone is 2. The Hall–Kier alpha value is -1.94. The molecule has 1 heterocycles. The van der Waals surface area contributed by atoms with Gasteiger partial charge < -0.3 is 4.57 Å². The Kier molecular flexibility index (Phi) is 3.96. The number of nitrogens with zero attached hydrogens (tertiary/aromatic N) is 1. The van der Waals surface area contributed by atoms with Crippen molar-refractivity contribution >= 4 is 18.2 Å². The molecule has 0 aromatic carbocycles. The highest BCUT2D eigenvalue weighted by Crippen LogP contribution is 2.25. The molecule has 0 aliphatic rings. The van der Waals surface area contributed by atoms with Crippen molar-refractivity contribution in [2.75, 3.05) is 0 Å². The van der Waals surface area contributed by atoms with Crippen molar-refractivity contribution in [3.63, 3.8) is 0 Å². The van der Waals surface area contributed by atoms with Crippen LogP contribution in [0.4, 0.5) is 0 Å². The first-order chi connectivity index (χ1) is 7.71. The Labute approximate surface area is 97.8 Å². The highest BCUT2D eigenvalue weighted by molar-refractivity contribution is 5.75. The smallest absolute Gasteiger partial charge is 0.0572 e. The van der Waals surface area contributed by atoms with Crippen LogP contribution < -0.4 is 0 Å². The van der Waals surface area contributed by atoms with Gasteiger partial charge in [-0.15, -0.1) is 6.42 Å². The Balaban J connectivity index is 3.65. The maximum Gasteiger partial charge on any atom is 0.0572 e. The van der Waals surface area contributed by atoms with E-state index in [9.17, 15) is 0 Å². The number of hydrogen-bond donors (Lipinski definition) is 0. The van der Waals surface area contributed by atoms with Gasteiger partial charge in [-0.05, 0) is 26.0 Å². The van der Waals surface area contributed by atoms with Crippen molar-refractivity contribution in [1.82, 2.24) is 4.57 Å². The lowest BCUT2D eigenvalue weighted by atomic mass is 10.1. The molecule has 0 spiro atoms. The van der Waals surface area contributed by atoms with Gasteiger partial charge in [0.25, 0.3) is 0 Å². The van der Waals surface area contributed by atoms with Crippen LogP contribution in [0.15, 0.2) is 18.7 Å². The average Bonchev–Trinajstić information content (AvgIpc) is 2.54. The minimum atomic E-state index is 0.906. The number of rotatable bonds is 3. The van der Waals surface area contributed by atoms with Crippen LogP contribution in [0, 0.1) is 12.3 Å². The van der Waals surface area contributed by atoms with E-state index in [2.05, 4.69) is 17.1 Å². The molecule has 0 radical (unpaired) electrons. The summed E-state index contributed by atoms with van der Waals surface area (Å²) in [5.74, 6) is 2.74. The third-order valence-corrected chi connectivity index (χ3v) is 2.52. The Morgan fingerprint density at radius 1 is 1.19 bits per heavy atom. The van der Waals surface area contributed by atoms with Crippen LogP contribution >= 0.6 is 0 Å². The topological polar surface area (TPSA) is 4.93 Å². The van der Waals surface area contributed by atoms with Crippen LogP contribution in [0.2, 0.25) is 0 Å². The molecule has 0 N–H and O–H groups in total. The molecule has 1 aromatic heterocycles. The monoisotopic (exact) mass is 211 g/mol. The second kappa shape index (κ2) is 5.23. The van der Waals surface area contributed by atoms with Crippen molar-refractivity contribution in [2.45, 2.75) is 13.8 Å². The molecule has 82 valence electrons. The highest BCUT2D eigenvalue weighted by Gasteiger charge is 2.13. The molecular formula is C15H17N. The van der Waals surface area contributed by atoms with E-state index in [4.69, 9.17) is 6.42 Å². The molecule has 0 saturated heterocycles. The third-order valence-electron chi connectivity index (χ3n) is 2.52. The summed E-state index contributed by atoms with van der Waals surface area (Å²) in [6.07, 6.45) is 15.4. The van der Waals surface area contributed by atoms with Crippen molar-refractivity contribution < 1.29 is 0 Å². The van der Waals surface area contributed by atoms with Gasteiger partial charge in [0.2, 0.25) is 0 Å². The first kappa shape index (κ1) is 12.1. The zero-order chi connectivity index (χ0) is 12.1. The Bertz CT molecular complexity index is 490. The second-order valence-electron chi connectivity index (χ2n) is 3.47. The van der Waals surface area contributed by atoms with Gasteiger partial charge in [-0.2, -0.15) is 0 Å². The van der Waals surface area contributed by atoms with Gasteiger partial charge in [-0.1, -0.05) is 30.7 Å². The number of terminal acetylenes is 1. The summed E-state index contributed by atoms with van der Waals surface area (Å²) in [4.78, 5) is 0. The molecule has 1 nitrogen and oxygen atoms in total. The van der Waals surface area contributed by atoms with E-state index in [1.54, 1.807) is 0 Å². The van der Waals surface area contributed by atoms with Crippen LogP contribution in [0.3, 0.4) is 0 Å². The lowest BCUT2D eigenvalue weighted by Gasteiger charge is -2.00. The van der Waals surface area contributed by atoms with Crippen molar-refractivity contribution in [3.05, 3.63) is 41.2 Å². The molecule has 0 aliphatic carbocycles. The second-order valence-corrected chi connectivity index (χ2v) is 3.47. The minimum absolute atomic E-state index is 0.906. The summed E-state index contributed by atoms with van der Waals surface area (Å²) in [6, 6.07) is 0. The van der Waals surface area contributed by atoms with Gasteiger partial charge in [-0.3, -0.25) is 0 Å². The average molecular weight is 211 g/mol. The SMILES string of the molecule is C#Cc1c(C=C)c(/C=C\C)n(C)c1/C=C\C. The summed E-state index contributed by atoms with van der Waals surface area (Å²) < 4.78 is 2.09. The van der Waals surface area contributed by atoms with Gasteiger partial charge in [0.1, 0.15) is 0 Å². The molecule has 1 rings (SSSR count). The maximum absolute atomic E-state index is 5.57. The van der Waals surface area contributed by atoms with E-state index in [0.29, 0.717) is 0 Å². The summed E-state index contributed by atoms with van der Waals surface area (Å²) >= 11 is 0. The molecule has 0 saturated carbocycles. The van der Waals surface area contributed by atoms with Gasteiger partial charge in [0.05, 0.1) is 11.3 Å². The summed E-state index contributed by atoms with van der Waals surface area (Å²) in [5.41, 5.74) is 4.08.